The molecule has 0 spiro atoms. The van der Waals surface area contributed by atoms with Crippen molar-refractivity contribution in [3.05, 3.63) is 66.7 Å². The molecule has 3 aromatic heterocycles. The lowest BCUT2D eigenvalue weighted by molar-refractivity contribution is 0.102. The van der Waals surface area contributed by atoms with Gasteiger partial charge in [0.25, 0.3) is 5.91 Å². The van der Waals surface area contributed by atoms with Crippen LogP contribution in [0.3, 0.4) is 0 Å². The molecule has 4 heterocycles. The summed E-state index contributed by atoms with van der Waals surface area (Å²) in [5.74, 6) is 1.59. The van der Waals surface area contributed by atoms with Crippen LogP contribution in [0.15, 0.2) is 61.2 Å². The second-order valence-corrected chi connectivity index (χ2v) is 8.69. The molecule has 0 bridgehead atoms. The molecule has 1 aromatic carbocycles. The molecule has 1 aliphatic rings. The van der Waals surface area contributed by atoms with Gasteiger partial charge in [-0.25, -0.2) is 15.0 Å². The van der Waals surface area contributed by atoms with Crippen LogP contribution in [0, 0.1) is 0 Å². The van der Waals surface area contributed by atoms with E-state index in [0.717, 1.165) is 30.4 Å². The number of amides is 1. The van der Waals surface area contributed by atoms with E-state index in [1.807, 2.05) is 42.7 Å². The third kappa shape index (κ3) is 5.11. The van der Waals surface area contributed by atoms with Crippen LogP contribution >= 0.6 is 0 Å². The van der Waals surface area contributed by atoms with Crippen LogP contribution < -0.4 is 15.5 Å². The fraction of sp³-hybridized carbons (Fsp3) is 0.280. The second kappa shape index (κ2) is 9.88. The van der Waals surface area contributed by atoms with E-state index < -0.39 is 0 Å². The van der Waals surface area contributed by atoms with Gasteiger partial charge in [-0.05, 0) is 57.0 Å². The van der Waals surface area contributed by atoms with Crippen LogP contribution in [-0.2, 0) is 0 Å². The Kier molecular flexibility index (Phi) is 6.34. The number of nitrogens with one attached hydrogen (secondary N) is 2. The molecule has 1 fully saturated rings. The van der Waals surface area contributed by atoms with E-state index in [1.165, 1.54) is 12.8 Å². The van der Waals surface area contributed by atoms with E-state index in [-0.39, 0.29) is 11.9 Å². The first-order valence-electron chi connectivity index (χ1n) is 11.7. The van der Waals surface area contributed by atoms with Crippen molar-refractivity contribution in [1.82, 2.24) is 29.7 Å². The molecule has 35 heavy (non-hydrogen) atoms. The number of carbonyl (C=O) groups excluding carboxylic acids is 1. The summed E-state index contributed by atoms with van der Waals surface area (Å²) in [5.41, 5.74) is 2.67. The molecule has 1 aliphatic heterocycles. The van der Waals surface area contributed by atoms with Crippen LogP contribution in [0.25, 0.3) is 11.5 Å². The molecule has 0 unspecified atom stereocenters. The molecule has 5 rings (SSSR count). The lowest BCUT2D eigenvalue weighted by Gasteiger charge is -2.15. The largest absolute Gasteiger partial charge is 0.353 e. The monoisotopic (exact) mass is 469 g/mol. The number of aromatic nitrogens is 6. The average molecular weight is 470 g/mol. The highest BCUT2D eigenvalue weighted by molar-refractivity contribution is 6.04. The van der Waals surface area contributed by atoms with Gasteiger partial charge in [-0.3, -0.25) is 4.79 Å². The Morgan fingerprint density at radius 2 is 1.77 bits per heavy atom. The predicted molar refractivity (Wildman–Crippen MR) is 135 cm³/mol. The van der Waals surface area contributed by atoms with Crippen molar-refractivity contribution in [2.75, 3.05) is 28.6 Å². The summed E-state index contributed by atoms with van der Waals surface area (Å²) in [6.45, 7) is 6.10. The molecule has 178 valence electrons. The minimum absolute atomic E-state index is 0.192. The normalized spacial score (nSPS) is 13.3. The highest BCUT2D eigenvalue weighted by Crippen LogP contribution is 2.22. The van der Waals surface area contributed by atoms with Crippen molar-refractivity contribution in [1.29, 1.82) is 0 Å². The molecular weight excluding hydrogens is 442 g/mol. The summed E-state index contributed by atoms with van der Waals surface area (Å²) < 4.78 is 1.93. The molecule has 1 saturated heterocycles. The smallest absolute Gasteiger partial charge is 0.256 e. The zero-order chi connectivity index (χ0) is 24.2. The summed E-state index contributed by atoms with van der Waals surface area (Å²) >= 11 is 0. The molecule has 10 nitrogen and oxygen atoms in total. The minimum atomic E-state index is -0.260. The van der Waals surface area contributed by atoms with Crippen molar-refractivity contribution in [2.45, 2.75) is 32.7 Å². The molecule has 2 N–H and O–H groups in total. The highest BCUT2D eigenvalue weighted by Gasteiger charge is 2.15. The van der Waals surface area contributed by atoms with Gasteiger partial charge in [0.2, 0.25) is 5.95 Å². The van der Waals surface area contributed by atoms with Crippen LogP contribution in [0.2, 0.25) is 0 Å². The van der Waals surface area contributed by atoms with Crippen molar-refractivity contribution in [3.8, 4) is 11.5 Å². The Hall–Kier alpha value is -4.34. The number of hydrogen-bond donors (Lipinski definition) is 2. The van der Waals surface area contributed by atoms with E-state index in [2.05, 4.69) is 40.7 Å². The summed E-state index contributed by atoms with van der Waals surface area (Å²) in [6, 6.07) is 12.9. The maximum absolute atomic E-state index is 12.9. The number of anilines is 4. The molecular formula is C25H27N9O. The number of nitrogens with zero attached hydrogens (tertiary/aromatic N) is 7. The molecule has 0 radical (unpaired) electrons. The van der Waals surface area contributed by atoms with Gasteiger partial charge in [-0.1, -0.05) is 12.1 Å². The van der Waals surface area contributed by atoms with Crippen molar-refractivity contribution < 1.29 is 4.79 Å². The third-order valence-corrected chi connectivity index (χ3v) is 5.79. The predicted octanol–water partition coefficient (Wildman–Crippen LogP) is 4.31. The Balaban J connectivity index is 1.27. The zero-order valence-electron chi connectivity index (χ0n) is 19.7. The highest BCUT2D eigenvalue weighted by atomic mass is 16.1. The first kappa shape index (κ1) is 22.5. The molecule has 1 amide bonds. The number of rotatable bonds is 7. The molecule has 0 saturated carbocycles. The van der Waals surface area contributed by atoms with E-state index >= 15 is 0 Å². The Bertz CT molecular complexity index is 1310. The fourth-order valence-corrected chi connectivity index (χ4v) is 3.99. The van der Waals surface area contributed by atoms with Gasteiger partial charge in [0.05, 0.1) is 18.1 Å². The summed E-state index contributed by atoms with van der Waals surface area (Å²) in [7, 11) is 0. The lowest BCUT2D eigenvalue weighted by atomic mass is 10.2. The van der Waals surface area contributed by atoms with Gasteiger partial charge < -0.3 is 20.1 Å². The van der Waals surface area contributed by atoms with E-state index in [0.29, 0.717) is 22.9 Å². The third-order valence-electron chi connectivity index (χ3n) is 5.79. The van der Waals surface area contributed by atoms with Gasteiger partial charge >= 0.3 is 0 Å². The first-order chi connectivity index (χ1) is 17.1. The fourth-order valence-electron chi connectivity index (χ4n) is 3.99. The first-order valence-corrected chi connectivity index (χ1v) is 11.7. The maximum Gasteiger partial charge on any atom is 0.256 e. The van der Waals surface area contributed by atoms with Crippen LogP contribution in [-0.4, -0.2) is 48.7 Å². The van der Waals surface area contributed by atoms with Gasteiger partial charge in [-0.2, -0.15) is 0 Å². The molecule has 0 atom stereocenters. The Morgan fingerprint density at radius 3 is 2.54 bits per heavy atom. The standard InChI is InChI=1S/C25H27N9O/c1-17(2)34-16-28-32-23(34)21-9-6-10-22(30-21)31-24(35)18-7-5-8-19(13-18)29-20-14-26-25(27-15-20)33-11-3-4-12-33/h5-10,13-17,29H,3-4,11-12H2,1-2H3,(H,30,31,35). The van der Waals surface area contributed by atoms with Gasteiger partial charge in [-0.15, -0.1) is 10.2 Å². The SMILES string of the molecule is CC(C)n1cnnc1-c1cccc(NC(=O)c2cccc(Nc3cnc(N4CCCC4)nc3)c2)n1. The summed E-state index contributed by atoms with van der Waals surface area (Å²) in [5, 5.41) is 14.3. The maximum atomic E-state index is 12.9. The number of benzene rings is 1. The zero-order valence-corrected chi connectivity index (χ0v) is 19.7. The van der Waals surface area contributed by atoms with E-state index in [9.17, 15) is 4.79 Å². The number of pyridine rings is 1. The topological polar surface area (TPSA) is 114 Å². The summed E-state index contributed by atoms with van der Waals surface area (Å²) in [6.07, 6.45) is 7.56. The summed E-state index contributed by atoms with van der Waals surface area (Å²) in [4.78, 5) is 28.6. The number of carbonyl (C=O) groups is 1. The van der Waals surface area contributed by atoms with Gasteiger partial charge in [0.1, 0.15) is 17.8 Å². The van der Waals surface area contributed by atoms with E-state index in [1.54, 1.807) is 36.9 Å². The van der Waals surface area contributed by atoms with Crippen molar-refractivity contribution in [3.63, 3.8) is 0 Å². The quantitative estimate of drug-likeness (QED) is 0.412. The number of hydrogen-bond acceptors (Lipinski definition) is 8. The lowest BCUT2D eigenvalue weighted by Crippen LogP contribution is -2.20. The van der Waals surface area contributed by atoms with Crippen LogP contribution in [0.1, 0.15) is 43.1 Å². The molecule has 4 aromatic rings. The van der Waals surface area contributed by atoms with Gasteiger partial charge in [0, 0.05) is 30.4 Å². The van der Waals surface area contributed by atoms with Crippen molar-refractivity contribution >= 4 is 29.0 Å². The Labute approximate surface area is 203 Å². The van der Waals surface area contributed by atoms with E-state index in [4.69, 9.17) is 0 Å². The van der Waals surface area contributed by atoms with Crippen LogP contribution in [0.5, 0.6) is 0 Å². The van der Waals surface area contributed by atoms with Crippen molar-refractivity contribution in [2.24, 2.45) is 0 Å². The minimum Gasteiger partial charge on any atom is -0.353 e. The molecule has 0 aliphatic carbocycles. The van der Waals surface area contributed by atoms with Gasteiger partial charge in [0.15, 0.2) is 5.82 Å². The second-order valence-electron chi connectivity index (χ2n) is 8.69. The molecule has 10 heteroatoms. The Morgan fingerprint density at radius 1 is 1.00 bits per heavy atom. The average Bonchev–Trinajstić information content (AvgIpc) is 3.58. The van der Waals surface area contributed by atoms with Crippen LogP contribution in [0.4, 0.5) is 23.1 Å².